The van der Waals surface area contributed by atoms with E-state index in [1.54, 1.807) is 0 Å². The van der Waals surface area contributed by atoms with E-state index in [0.29, 0.717) is 0 Å². The molecule has 60 valence electrons. The van der Waals surface area contributed by atoms with Crippen molar-refractivity contribution in [1.82, 2.24) is 0 Å². The Labute approximate surface area is 59.1 Å². The van der Waals surface area contributed by atoms with Crippen LogP contribution in [0.1, 0.15) is 0 Å². The first-order valence-corrected chi connectivity index (χ1v) is 2.97. The van der Waals surface area contributed by atoms with Gasteiger partial charge < -0.3 is 20.4 Å². The lowest BCUT2D eigenvalue weighted by Crippen LogP contribution is -2.12. The van der Waals surface area contributed by atoms with Gasteiger partial charge in [0.1, 0.15) is 0 Å². The molecule has 4 nitrogen and oxygen atoms in total. The predicted octanol–water partition coefficient (Wildman–Crippen LogP) is -1.75. The number of hydrogen-bond acceptors (Lipinski definition) is 4. The van der Waals surface area contributed by atoms with Gasteiger partial charge in [0.05, 0.1) is 25.4 Å². The van der Waals surface area contributed by atoms with Crippen molar-refractivity contribution in [2.45, 2.75) is 12.2 Å². The second-order valence-electron chi connectivity index (χ2n) is 1.88. The van der Waals surface area contributed by atoms with Crippen molar-refractivity contribution in [2.24, 2.45) is 0 Å². The smallest absolute Gasteiger partial charge is 0.0952 e. The van der Waals surface area contributed by atoms with E-state index in [-0.39, 0.29) is 13.2 Å². The highest BCUT2D eigenvalue weighted by atomic mass is 16.3. The predicted molar refractivity (Wildman–Crippen MR) is 35.3 cm³/mol. The van der Waals surface area contributed by atoms with Crippen molar-refractivity contribution in [2.75, 3.05) is 13.2 Å². The van der Waals surface area contributed by atoms with Gasteiger partial charge in [-0.25, -0.2) is 0 Å². The molecule has 4 heteroatoms. The van der Waals surface area contributed by atoms with Crippen LogP contribution < -0.4 is 0 Å². The summed E-state index contributed by atoms with van der Waals surface area (Å²) in [6.45, 7) is -0.761. The van der Waals surface area contributed by atoms with Gasteiger partial charge in [-0.05, 0) is 0 Å². The summed E-state index contributed by atoms with van der Waals surface area (Å²) in [6, 6.07) is 0. The van der Waals surface area contributed by atoms with E-state index in [9.17, 15) is 0 Å². The van der Waals surface area contributed by atoms with Crippen LogP contribution in [0.25, 0.3) is 0 Å². The van der Waals surface area contributed by atoms with Crippen LogP contribution in [0.3, 0.4) is 0 Å². The number of aliphatic hydroxyl groups excluding tert-OH is 4. The van der Waals surface area contributed by atoms with Gasteiger partial charge in [0.25, 0.3) is 0 Å². The van der Waals surface area contributed by atoms with E-state index >= 15 is 0 Å². The molecule has 0 fully saturated rings. The lowest BCUT2D eigenvalue weighted by atomic mass is 10.3. The molecule has 0 aliphatic heterocycles. The molecule has 0 aromatic heterocycles. The molecule has 10 heavy (non-hydrogen) atoms. The van der Waals surface area contributed by atoms with Crippen LogP contribution in [0, 0.1) is 0 Å². The minimum Gasteiger partial charge on any atom is -0.393 e. The van der Waals surface area contributed by atoms with Crippen LogP contribution in [0.4, 0.5) is 0 Å². The molecule has 2 unspecified atom stereocenters. The van der Waals surface area contributed by atoms with Crippen LogP contribution in [0.5, 0.6) is 0 Å². The summed E-state index contributed by atoms with van der Waals surface area (Å²) in [7, 11) is 0. The molecule has 0 radical (unpaired) electrons. The van der Waals surface area contributed by atoms with Crippen LogP contribution in [-0.4, -0.2) is 45.8 Å². The number of rotatable bonds is 4. The summed E-state index contributed by atoms with van der Waals surface area (Å²) in [5.74, 6) is 0. The van der Waals surface area contributed by atoms with Gasteiger partial charge in [-0.15, -0.1) is 0 Å². The zero-order valence-electron chi connectivity index (χ0n) is 5.51. The third kappa shape index (κ3) is 4.46. The Balaban J connectivity index is 3.52. The van der Waals surface area contributed by atoms with E-state index in [2.05, 4.69) is 0 Å². The molecule has 0 spiro atoms. The van der Waals surface area contributed by atoms with Gasteiger partial charge >= 0.3 is 0 Å². The fourth-order valence-electron chi connectivity index (χ4n) is 0.378. The average Bonchev–Trinajstić information content (AvgIpc) is 1.99. The maximum Gasteiger partial charge on any atom is 0.0952 e. The van der Waals surface area contributed by atoms with Crippen LogP contribution in [0.2, 0.25) is 0 Å². The zero-order chi connectivity index (χ0) is 7.98. The molecule has 0 heterocycles. The van der Waals surface area contributed by atoms with E-state index in [1.165, 1.54) is 12.2 Å². The molecular formula is C6H12O4. The lowest BCUT2D eigenvalue weighted by molar-refractivity contribution is 0.119. The molecule has 0 amide bonds. The third-order valence-electron chi connectivity index (χ3n) is 0.930. The minimum absolute atomic E-state index is 0.380. The summed E-state index contributed by atoms with van der Waals surface area (Å²) in [5, 5.41) is 33.9. The van der Waals surface area contributed by atoms with Crippen molar-refractivity contribution in [3.63, 3.8) is 0 Å². The van der Waals surface area contributed by atoms with Gasteiger partial charge in [-0.2, -0.15) is 0 Å². The third-order valence-corrected chi connectivity index (χ3v) is 0.930. The molecule has 0 aromatic rings. The molecule has 0 saturated carbocycles. The first-order chi connectivity index (χ1) is 4.70. The normalized spacial score (nSPS) is 17.6. The van der Waals surface area contributed by atoms with E-state index in [0.717, 1.165) is 0 Å². The minimum atomic E-state index is -0.957. The molecule has 0 bridgehead atoms. The summed E-state index contributed by atoms with van der Waals surface area (Å²) in [6.07, 6.45) is 0.532. The second-order valence-corrected chi connectivity index (χ2v) is 1.88. The highest BCUT2D eigenvalue weighted by Crippen LogP contribution is 1.88. The van der Waals surface area contributed by atoms with E-state index in [1.807, 2.05) is 0 Å². The van der Waals surface area contributed by atoms with Gasteiger partial charge in [0, 0.05) is 0 Å². The molecule has 4 N–H and O–H groups in total. The van der Waals surface area contributed by atoms with Gasteiger partial charge in [0.15, 0.2) is 0 Å². The van der Waals surface area contributed by atoms with Crippen molar-refractivity contribution in [1.29, 1.82) is 0 Å². The summed E-state index contributed by atoms with van der Waals surface area (Å²) in [4.78, 5) is 0. The fraction of sp³-hybridized carbons (Fsp3) is 0.667. The highest BCUT2D eigenvalue weighted by Gasteiger charge is 1.97. The van der Waals surface area contributed by atoms with Crippen molar-refractivity contribution in [3.8, 4) is 0 Å². The summed E-state index contributed by atoms with van der Waals surface area (Å²) in [5.41, 5.74) is 0. The van der Waals surface area contributed by atoms with Crippen molar-refractivity contribution >= 4 is 0 Å². The van der Waals surface area contributed by atoms with Crippen molar-refractivity contribution < 1.29 is 20.4 Å². The van der Waals surface area contributed by atoms with Crippen LogP contribution in [0.15, 0.2) is 12.2 Å². The molecule has 0 rings (SSSR count). The Bertz CT molecular complexity index is 89.9. The Hall–Kier alpha value is -0.420. The monoisotopic (exact) mass is 148 g/mol. The van der Waals surface area contributed by atoms with Crippen LogP contribution >= 0.6 is 0 Å². The summed E-state index contributed by atoms with van der Waals surface area (Å²) >= 11 is 0. The zero-order valence-corrected chi connectivity index (χ0v) is 5.51. The van der Waals surface area contributed by atoms with Crippen LogP contribution in [-0.2, 0) is 0 Å². The maximum absolute atomic E-state index is 8.67. The molecule has 0 aromatic carbocycles. The first-order valence-electron chi connectivity index (χ1n) is 2.97. The molecule has 2 atom stereocenters. The number of aliphatic hydroxyl groups is 4. The van der Waals surface area contributed by atoms with E-state index < -0.39 is 12.2 Å². The Kier molecular flexibility index (Phi) is 5.15. The number of hydrogen-bond donors (Lipinski definition) is 4. The first kappa shape index (κ1) is 9.58. The molecule has 0 aliphatic carbocycles. The lowest BCUT2D eigenvalue weighted by Gasteiger charge is -2.01. The Morgan fingerprint density at radius 1 is 0.900 bits per heavy atom. The van der Waals surface area contributed by atoms with Gasteiger partial charge in [-0.1, -0.05) is 12.2 Å². The standard InChI is InChI=1S/C6H12O4/c7-3-5(9)1-2-6(10)4-8/h1-2,5-10H,3-4H2. The molecular weight excluding hydrogens is 136 g/mol. The topological polar surface area (TPSA) is 80.9 Å². The van der Waals surface area contributed by atoms with E-state index in [4.69, 9.17) is 20.4 Å². The average molecular weight is 148 g/mol. The Morgan fingerprint density at radius 3 is 1.40 bits per heavy atom. The highest BCUT2D eigenvalue weighted by molar-refractivity contribution is 4.92. The second kappa shape index (κ2) is 5.37. The largest absolute Gasteiger partial charge is 0.393 e. The molecule has 0 aliphatic rings. The summed E-state index contributed by atoms with van der Waals surface area (Å²) < 4.78 is 0. The Morgan fingerprint density at radius 2 is 1.20 bits per heavy atom. The van der Waals surface area contributed by atoms with Gasteiger partial charge in [0.2, 0.25) is 0 Å². The van der Waals surface area contributed by atoms with Crippen molar-refractivity contribution in [3.05, 3.63) is 12.2 Å². The molecule has 0 saturated heterocycles. The van der Waals surface area contributed by atoms with Gasteiger partial charge in [-0.3, -0.25) is 0 Å². The maximum atomic E-state index is 8.67. The quantitative estimate of drug-likeness (QED) is 0.356. The fourth-order valence-corrected chi connectivity index (χ4v) is 0.378. The SMILES string of the molecule is OCC(O)C=CC(O)CO.